The first-order valence-corrected chi connectivity index (χ1v) is 24.2. The number of halogens is 3. The Hall–Kier alpha value is -5.72. The van der Waals surface area contributed by atoms with Crippen molar-refractivity contribution in [1.29, 1.82) is 0 Å². The molecule has 2 saturated carbocycles. The summed E-state index contributed by atoms with van der Waals surface area (Å²) in [5.74, 6) is -2.79. The van der Waals surface area contributed by atoms with Gasteiger partial charge in [0, 0.05) is 36.2 Å². The molecule has 0 spiro atoms. The number of amides is 4. The summed E-state index contributed by atoms with van der Waals surface area (Å²) in [7, 11) is -4.11. The van der Waals surface area contributed by atoms with E-state index in [1.807, 2.05) is 57.2 Å². The van der Waals surface area contributed by atoms with E-state index in [-0.39, 0.29) is 31.4 Å². The zero-order valence-corrected chi connectivity index (χ0v) is 39.5. The minimum absolute atomic E-state index is 0.0449. The summed E-state index contributed by atoms with van der Waals surface area (Å²) in [6.07, 6.45) is 0.105. The number of carbonyl (C=O) groups excluding carboxylic acids is 4. The molecule has 0 unspecified atom stereocenters. The number of sulfonamides is 1. The van der Waals surface area contributed by atoms with Gasteiger partial charge in [0.25, 0.3) is 5.91 Å². The first-order valence-electron chi connectivity index (χ1n) is 22.7. The molecule has 2 aliphatic carbocycles. The van der Waals surface area contributed by atoms with Crippen LogP contribution in [-0.2, 0) is 29.1 Å². The lowest BCUT2D eigenvalue weighted by molar-refractivity contribution is -0.244. The summed E-state index contributed by atoms with van der Waals surface area (Å²) in [5.41, 5.74) is -2.34. The first kappa shape index (κ1) is 49.2. The summed E-state index contributed by atoms with van der Waals surface area (Å²) in [6.45, 7) is 10.2. The van der Waals surface area contributed by atoms with Crippen LogP contribution in [0.2, 0.25) is 0 Å². The van der Waals surface area contributed by atoms with Crippen LogP contribution in [0.3, 0.4) is 0 Å². The lowest BCUT2D eigenvalue weighted by Crippen LogP contribution is -2.59. The van der Waals surface area contributed by atoms with Crippen molar-refractivity contribution in [2.45, 2.75) is 140 Å². The van der Waals surface area contributed by atoms with Gasteiger partial charge in [-0.2, -0.15) is 13.2 Å². The lowest BCUT2D eigenvalue weighted by atomic mass is 9.88. The highest BCUT2D eigenvalue weighted by molar-refractivity contribution is 7.91. The van der Waals surface area contributed by atoms with Gasteiger partial charge in [-0.05, 0) is 121 Å². The second kappa shape index (κ2) is 18.8. The van der Waals surface area contributed by atoms with E-state index in [0.29, 0.717) is 74.5 Å². The Morgan fingerprint density at radius 3 is 2.31 bits per heavy atom. The third-order valence-corrected chi connectivity index (χ3v) is 15.3. The zero-order chi connectivity index (χ0) is 48.7. The molecule has 15 nitrogen and oxygen atoms in total. The Kier molecular flexibility index (Phi) is 13.8. The van der Waals surface area contributed by atoms with E-state index in [9.17, 15) is 36.0 Å². The molecule has 67 heavy (non-hydrogen) atoms. The summed E-state index contributed by atoms with van der Waals surface area (Å²) in [6, 6.07) is 13.2. The van der Waals surface area contributed by atoms with Crippen LogP contribution < -0.4 is 24.8 Å². The van der Waals surface area contributed by atoms with Crippen LogP contribution in [-0.4, -0.2) is 100 Å². The molecule has 7 atom stereocenters. The fraction of sp³-hybridized carbons (Fsp3) is 0.542. The van der Waals surface area contributed by atoms with Gasteiger partial charge in [0.05, 0.1) is 34.5 Å². The smallest absolute Gasteiger partial charge is 0.427 e. The second-order valence-corrected chi connectivity index (χ2v) is 21.7. The topological polar surface area (TPSA) is 195 Å². The van der Waals surface area contributed by atoms with Crippen LogP contribution in [0.1, 0.15) is 93.4 Å². The highest BCUT2D eigenvalue weighted by atomic mass is 32.2. The summed E-state index contributed by atoms with van der Waals surface area (Å²) < 4.78 is 86.7. The fourth-order valence-corrected chi connectivity index (χ4v) is 9.89. The van der Waals surface area contributed by atoms with Gasteiger partial charge in [0.2, 0.25) is 27.4 Å². The van der Waals surface area contributed by atoms with Gasteiger partial charge in [-0.3, -0.25) is 24.1 Å². The number of aromatic nitrogens is 2. The van der Waals surface area contributed by atoms with Gasteiger partial charge >= 0.3 is 12.3 Å². The van der Waals surface area contributed by atoms with Crippen LogP contribution in [0.5, 0.6) is 11.5 Å². The maximum atomic E-state index is 15.0. The van der Waals surface area contributed by atoms with Gasteiger partial charge in [-0.15, -0.1) is 0 Å². The van der Waals surface area contributed by atoms with Crippen LogP contribution >= 0.6 is 0 Å². The van der Waals surface area contributed by atoms with Crippen molar-refractivity contribution in [2.75, 3.05) is 6.54 Å². The number of nitrogens with one attached hydrogen (secondary N) is 3. The molecule has 2 aromatic heterocycles. The number of alkyl halides is 3. The first-order chi connectivity index (χ1) is 31.4. The molecule has 1 aromatic carbocycles. The highest BCUT2D eigenvalue weighted by Gasteiger charge is 2.63. The fourth-order valence-electron chi connectivity index (χ4n) is 8.58. The second-order valence-electron chi connectivity index (χ2n) is 19.5. The van der Waals surface area contributed by atoms with Gasteiger partial charge in [-0.25, -0.2) is 18.2 Å². The van der Waals surface area contributed by atoms with Crippen LogP contribution in [0.15, 0.2) is 72.9 Å². The quantitative estimate of drug-likeness (QED) is 0.164. The van der Waals surface area contributed by atoms with Crippen molar-refractivity contribution in [3.63, 3.8) is 0 Å². The minimum Gasteiger partial charge on any atom is -0.491 e. The van der Waals surface area contributed by atoms with Crippen molar-refractivity contribution >= 4 is 33.8 Å². The number of allylic oxidation sites excluding steroid dienone is 1. The third kappa shape index (κ3) is 11.0. The number of carbonyl (C=O) groups is 4. The van der Waals surface area contributed by atoms with Crippen molar-refractivity contribution in [3.8, 4) is 34.1 Å². The van der Waals surface area contributed by atoms with E-state index >= 15 is 4.79 Å². The largest absolute Gasteiger partial charge is 0.491 e. The van der Waals surface area contributed by atoms with Crippen LogP contribution in [0, 0.1) is 17.8 Å². The Morgan fingerprint density at radius 1 is 0.970 bits per heavy atom. The normalized spacial score (nSPS) is 27.0. The summed E-state index contributed by atoms with van der Waals surface area (Å²) in [4.78, 5) is 67.7. The Labute approximate surface area is 389 Å². The monoisotopic (exact) mass is 952 g/mol. The molecule has 362 valence electrons. The molecule has 1 saturated heterocycles. The number of rotatable bonds is 11. The van der Waals surface area contributed by atoms with E-state index in [1.54, 1.807) is 43.5 Å². The number of ether oxygens (including phenoxy) is 3. The summed E-state index contributed by atoms with van der Waals surface area (Å²) >= 11 is 0. The van der Waals surface area contributed by atoms with Crippen molar-refractivity contribution in [1.82, 2.24) is 30.2 Å². The van der Waals surface area contributed by atoms with Crippen molar-refractivity contribution in [3.05, 3.63) is 72.9 Å². The number of pyridine rings is 2. The number of fused-ring (bicyclic) bond motifs is 2. The average molecular weight is 953 g/mol. The molecule has 0 bridgehead atoms. The molecule has 7 rings (SSSR count). The zero-order valence-electron chi connectivity index (χ0n) is 38.7. The SMILES string of the molecule is CC(C)Oc1ccc(-c2cc(O[C@@H]3C[C@H]4C(=O)N[C@]5(C(=O)NS(=O)(=O)C6(C)CC6)C[C@H]5/C=C\CC[C@H](C)C[C@@H](C)[C@H](NC(=O)OC(C)(C)C(F)(F)F)C(=O)N4C3)cc(-c3ccccn3)n2)cc1. The molecule has 19 heteroatoms. The Balaban J connectivity index is 1.25. The number of hydrogen-bond donors (Lipinski definition) is 3. The Morgan fingerprint density at radius 2 is 1.67 bits per heavy atom. The van der Waals surface area contributed by atoms with Crippen molar-refractivity contribution in [2.24, 2.45) is 17.8 Å². The van der Waals surface area contributed by atoms with E-state index in [0.717, 1.165) is 5.56 Å². The third-order valence-electron chi connectivity index (χ3n) is 13.1. The van der Waals surface area contributed by atoms with E-state index < -0.39 is 85.9 Å². The molecule has 3 aromatic rings. The van der Waals surface area contributed by atoms with Gasteiger partial charge < -0.3 is 29.7 Å². The molecule has 3 N–H and O–H groups in total. The predicted molar refractivity (Wildman–Crippen MR) is 242 cm³/mol. The molecule has 4 aliphatic rings. The highest BCUT2D eigenvalue weighted by Crippen LogP contribution is 2.48. The van der Waals surface area contributed by atoms with Crippen LogP contribution in [0.4, 0.5) is 18.0 Å². The van der Waals surface area contributed by atoms with E-state index in [1.165, 1.54) is 11.8 Å². The maximum Gasteiger partial charge on any atom is 0.427 e. The Bertz CT molecular complexity index is 2480. The lowest BCUT2D eigenvalue weighted by Gasteiger charge is -2.34. The molecular weight excluding hydrogens is 894 g/mol. The number of benzene rings is 1. The summed E-state index contributed by atoms with van der Waals surface area (Å²) in [5, 5.41) is 5.24. The molecule has 3 fully saturated rings. The molecule has 4 heterocycles. The standard InChI is InChI=1S/C48H59F3N6O9S/c1-28(2)64-33-17-15-31(16-18-33)37-23-34(24-38(53-37)36-14-10-11-21-52-36)65-35-25-39-41(58)55-47(43(60)56-67(62,63)46(7)19-20-46)26-32(47)13-9-8-12-29(3)22-30(4)40(42(59)57(39)27-35)54-44(61)66-45(5,6)48(49,50)51/h9-11,13-18,21,23-24,28-30,32,35,39-40H,8,12,19-20,22,25-27H2,1-7H3,(H,54,61)(H,55,58)(H,56,60)/b13-9-/t29-,30+,32+,35+,39-,40-,47+/m0/s1. The minimum atomic E-state index is -4.93. The van der Waals surface area contributed by atoms with Crippen LogP contribution in [0.25, 0.3) is 22.6 Å². The number of nitrogens with zero attached hydrogens (tertiary/aromatic N) is 3. The molecular formula is C48H59F3N6O9S. The van der Waals surface area contributed by atoms with Crippen molar-refractivity contribution < 1.29 is 55.0 Å². The van der Waals surface area contributed by atoms with Gasteiger partial charge in [-0.1, -0.05) is 32.1 Å². The van der Waals surface area contributed by atoms with E-state index in [4.69, 9.17) is 19.2 Å². The molecule has 4 amide bonds. The predicted octanol–water partition coefficient (Wildman–Crippen LogP) is 7.27. The number of alkyl carbamates (subject to hydrolysis) is 1. The van der Waals surface area contributed by atoms with E-state index in [2.05, 4.69) is 20.3 Å². The average Bonchev–Trinajstić information content (AvgIpc) is 4.14. The molecule has 0 radical (unpaired) electrons. The van der Waals surface area contributed by atoms with Gasteiger partial charge in [0.15, 0.2) is 0 Å². The number of hydrogen-bond acceptors (Lipinski definition) is 11. The molecule has 2 aliphatic heterocycles. The maximum absolute atomic E-state index is 15.0. The van der Waals surface area contributed by atoms with Gasteiger partial charge in [0.1, 0.15) is 35.2 Å².